The van der Waals surface area contributed by atoms with E-state index in [1.54, 1.807) is 0 Å². The highest BCUT2D eigenvalue weighted by molar-refractivity contribution is 5.80. The molecule has 0 aliphatic carbocycles. The lowest BCUT2D eigenvalue weighted by atomic mass is 10.3. The summed E-state index contributed by atoms with van der Waals surface area (Å²) in [6.45, 7) is 5.02. The van der Waals surface area contributed by atoms with Gasteiger partial charge in [0.2, 0.25) is 0 Å². The molecule has 126 valence electrons. The number of alkyl halides is 2. The van der Waals surface area contributed by atoms with Gasteiger partial charge >= 0.3 is 6.55 Å². The predicted octanol–water partition coefficient (Wildman–Crippen LogP) is 2.95. The predicted molar refractivity (Wildman–Crippen MR) is 85.3 cm³/mol. The van der Waals surface area contributed by atoms with E-state index in [-0.39, 0.29) is 0 Å². The molecule has 0 bridgehead atoms. The molecular weight excluding hydrogens is 288 g/mol. The van der Waals surface area contributed by atoms with Crippen LogP contribution in [0.5, 0.6) is 0 Å². The molecular formula is C15H27F2N5. The number of hydrogen-bond acceptors (Lipinski definition) is 2. The summed E-state index contributed by atoms with van der Waals surface area (Å²) in [5, 5.41) is 6.50. The van der Waals surface area contributed by atoms with Crippen LogP contribution in [0.15, 0.2) is 17.4 Å². The van der Waals surface area contributed by atoms with Crippen LogP contribution in [0.4, 0.5) is 8.78 Å². The van der Waals surface area contributed by atoms with Crippen molar-refractivity contribution in [1.29, 1.82) is 0 Å². The van der Waals surface area contributed by atoms with Crippen LogP contribution in [0.25, 0.3) is 0 Å². The highest BCUT2D eigenvalue weighted by Crippen LogP contribution is 2.12. The molecule has 0 radical (unpaired) electrons. The maximum Gasteiger partial charge on any atom is 0.319 e. The van der Waals surface area contributed by atoms with Crippen LogP contribution in [0.2, 0.25) is 0 Å². The van der Waals surface area contributed by atoms with E-state index >= 15 is 0 Å². The lowest BCUT2D eigenvalue weighted by Crippen LogP contribution is -2.43. The molecule has 22 heavy (non-hydrogen) atoms. The summed E-state index contributed by atoms with van der Waals surface area (Å²) in [6.07, 6.45) is 6.23. The van der Waals surface area contributed by atoms with Crippen LogP contribution in [0.1, 0.15) is 52.4 Å². The van der Waals surface area contributed by atoms with Crippen molar-refractivity contribution >= 4 is 5.96 Å². The first-order valence-electron chi connectivity index (χ1n) is 7.93. The highest BCUT2D eigenvalue weighted by atomic mass is 19.3. The first kappa shape index (κ1) is 18.4. The highest BCUT2D eigenvalue weighted by Gasteiger charge is 2.11. The third kappa shape index (κ3) is 6.41. The van der Waals surface area contributed by atoms with Crippen LogP contribution in [-0.2, 0) is 6.42 Å². The molecule has 7 heteroatoms. The summed E-state index contributed by atoms with van der Waals surface area (Å²) in [6, 6.07) is 0.316. The van der Waals surface area contributed by atoms with E-state index in [0.29, 0.717) is 24.8 Å². The van der Waals surface area contributed by atoms with E-state index in [2.05, 4.69) is 41.4 Å². The Balaban J connectivity index is 2.51. The number of nitrogens with zero attached hydrogens (tertiary/aromatic N) is 3. The van der Waals surface area contributed by atoms with Gasteiger partial charge in [0, 0.05) is 37.9 Å². The van der Waals surface area contributed by atoms with E-state index in [0.717, 1.165) is 36.3 Å². The minimum absolute atomic E-state index is 0.316. The van der Waals surface area contributed by atoms with Gasteiger partial charge in [0.1, 0.15) is 5.82 Å². The standard InChI is InChI=1S/C15H27F2N5/c1-4-6-8-19-15(21-12(3)5-2)20-9-7-13-18-10-11-22(13)14(16)17/h10-12,14H,4-9H2,1-3H3,(H2,19,20,21). The number of guanidine groups is 1. The van der Waals surface area contributed by atoms with Crippen molar-refractivity contribution in [2.75, 3.05) is 13.1 Å². The van der Waals surface area contributed by atoms with Crippen LogP contribution >= 0.6 is 0 Å². The van der Waals surface area contributed by atoms with Gasteiger partial charge in [-0.05, 0) is 19.8 Å². The van der Waals surface area contributed by atoms with Crippen LogP contribution in [0, 0.1) is 0 Å². The zero-order valence-corrected chi connectivity index (χ0v) is 13.6. The van der Waals surface area contributed by atoms with E-state index < -0.39 is 6.55 Å². The van der Waals surface area contributed by atoms with Gasteiger partial charge < -0.3 is 10.6 Å². The molecule has 0 amide bonds. The number of unbranched alkanes of at least 4 members (excludes halogenated alkanes) is 1. The van der Waals surface area contributed by atoms with Gasteiger partial charge in [0.15, 0.2) is 5.96 Å². The van der Waals surface area contributed by atoms with Gasteiger partial charge in [-0.3, -0.25) is 9.56 Å². The number of nitrogens with one attached hydrogen (secondary N) is 2. The number of halogens is 2. The Bertz CT molecular complexity index is 445. The summed E-state index contributed by atoms with van der Waals surface area (Å²) >= 11 is 0. The molecule has 1 atom stereocenters. The van der Waals surface area contributed by atoms with Gasteiger partial charge in [-0.25, -0.2) is 4.98 Å². The molecule has 5 nitrogen and oxygen atoms in total. The maximum absolute atomic E-state index is 12.7. The van der Waals surface area contributed by atoms with Gasteiger partial charge in [-0.1, -0.05) is 20.3 Å². The molecule has 0 fully saturated rings. The Morgan fingerprint density at radius 1 is 1.41 bits per heavy atom. The summed E-state index contributed by atoms with van der Waals surface area (Å²) < 4.78 is 26.4. The molecule has 2 N–H and O–H groups in total. The molecule has 1 rings (SSSR count). The molecule has 0 saturated heterocycles. The molecule has 1 unspecified atom stereocenters. The number of imidazole rings is 1. The molecule has 0 saturated carbocycles. The fourth-order valence-electron chi connectivity index (χ4n) is 1.84. The average Bonchev–Trinajstić information content (AvgIpc) is 2.95. The third-order valence-corrected chi connectivity index (χ3v) is 3.38. The van der Waals surface area contributed by atoms with Crippen LogP contribution in [-0.4, -0.2) is 34.6 Å². The molecule has 1 aromatic rings. The first-order valence-corrected chi connectivity index (χ1v) is 7.93. The van der Waals surface area contributed by atoms with Crippen LogP contribution < -0.4 is 10.6 Å². The fraction of sp³-hybridized carbons (Fsp3) is 0.733. The quantitative estimate of drug-likeness (QED) is 0.418. The minimum atomic E-state index is -2.55. The van der Waals surface area contributed by atoms with Gasteiger partial charge in [0.25, 0.3) is 0 Å². The Morgan fingerprint density at radius 3 is 2.82 bits per heavy atom. The smallest absolute Gasteiger partial charge is 0.319 e. The molecule has 1 heterocycles. The van der Waals surface area contributed by atoms with E-state index in [4.69, 9.17) is 0 Å². The van der Waals surface area contributed by atoms with E-state index in [9.17, 15) is 8.78 Å². The number of rotatable bonds is 9. The SMILES string of the molecule is CCCCN=C(NCCc1nccn1C(F)F)NC(C)CC. The molecule has 0 aliphatic heterocycles. The maximum atomic E-state index is 12.7. The van der Waals surface area contributed by atoms with E-state index in [1.807, 2.05) is 0 Å². The topological polar surface area (TPSA) is 54.2 Å². The number of aliphatic imine (C=N–C) groups is 1. The molecule has 0 aliphatic rings. The van der Waals surface area contributed by atoms with Crippen LogP contribution in [0.3, 0.4) is 0 Å². The molecule has 1 aromatic heterocycles. The minimum Gasteiger partial charge on any atom is -0.356 e. The second-order valence-electron chi connectivity index (χ2n) is 5.24. The van der Waals surface area contributed by atoms with Crippen molar-refractivity contribution in [1.82, 2.24) is 20.2 Å². The lowest BCUT2D eigenvalue weighted by molar-refractivity contribution is 0.0670. The summed E-state index contributed by atoms with van der Waals surface area (Å²) in [5.41, 5.74) is 0. The average molecular weight is 315 g/mol. The Kier molecular flexibility index (Phi) is 8.47. The first-order chi connectivity index (χ1) is 10.6. The van der Waals surface area contributed by atoms with Crippen molar-refractivity contribution in [2.24, 2.45) is 4.99 Å². The van der Waals surface area contributed by atoms with E-state index in [1.165, 1.54) is 12.4 Å². The molecule has 0 aromatic carbocycles. The van der Waals surface area contributed by atoms with Gasteiger partial charge in [0.05, 0.1) is 0 Å². The van der Waals surface area contributed by atoms with Crippen molar-refractivity contribution in [3.63, 3.8) is 0 Å². The second-order valence-corrected chi connectivity index (χ2v) is 5.24. The monoisotopic (exact) mass is 315 g/mol. The number of hydrogen-bond donors (Lipinski definition) is 2. The Hall–Kier alpha value is -1.66. The van der Waals surface area contributed by atoms with Gasteiger partial charge in [-0.15, -0.1) is 0 Å². The van der Waals surface area contributed by atoms with Crippen molar-refractivity contribution in [2.45, 2.75) is 59.0 Å². The van der Waals surface area contributed by atoms with Crippen molar-refractivity contribution in [3.05, 3.63) is 18.2 Å². The Morgan fingerprint density at radius 2 is 2.18 bits per heavy atom. The Labute approximate surface area is 131 Å². The van der Waals surface area contributed by atoms with Gasteiger partial charge in [-0.2, -0.15) is 8.78 Å². The normalized spacial score (nSPS) is 13.5. The summed E-state index contributed by atoms with van der Waals surface area (Å²) in [7, 11) is 0. The summed E-state index contributed by atoms with van der Waals surface area (Å²) in [5.74, 6) is 1.11. The van der Waals surface area contributed by atoms with Crippen molar-refractivity contribution in [3.8, 4) is 0 Å². The molecule has 0 spiro atoms. The zero-order chi connectivity index (χ0) is 16.4. The number of aromatic nitrogens is 2. The zero-order valence-electron chi connectivity index (χ0n) is 13.6. The van der Waals surface area contributed by atoms with Crippen molar-refractivity contribution < 1.29 is 8.78 Å². The fourth-order valence-corrected chi connectivity index (χ4v) is 1.84. The lowest BCUT2D eigenvalue weighted by Gasteiger charge is -2.17. The third-order valence-electron chi connectivity index (χ3n) is 3.38. The second kappa shape index (κ2) is 10.1. The largest absolute Gasteiger partial charge is 0.356 e. The summed E-state index contributed by atoms with van der Waals surface area (Å²) in [4.78, 5) is 8.47.